The molecule has 0 atom stereocenters. The topological polar surface area (TPSA) is 74.3 Å². The molecule has 1 saturated heterocycles. The van der Waals surface area contributed by atoms with Crippen LogP contribution in [0.2, 0.25) is 0 Å². The quantitative estimate of drug-likeness (QED) is 0.441. The zero-order valence-electron chi connectivity index (χ0n) is 19.6. The van der Waals surface area contributed by atoms with Crippen LogP contribution in [0.3, 0.4) is 0 Å². The number of carbonyl (C=O) groups excluding carboxylic acids is 2. The third-order valence-corrected chi connectivity index (χ3v) is 7.12. The summed E-state index contributed by atoms with van der Waals surface area (Å²) in [7, 11) is 0. The normalized spacial score (nSPS) is 14.1. The first-order valence-electron chi connectivity index (χ1n) is 12.0. The molecule has 1 aliphatic rings. The van der Waals surface area contributed by atoms with Crippen molar-refractivity contribution in [1.82, 2.24) is 10.3 Å². The van der Waals surface area contributed by atoms with Gasteiger partial charge in [0.05, 0.1) is 0 Å². The minimum Gasteiger partial charge on any atom is -0.357 e. The molecule has 0 saturated carbocycles. The van der Waals surface area contributed by atoms with Crippen LogP contribution in [0, 0.1) is 5.92 Å². The van der Waals surface area contributed by atoms with E-state index in [0.717, 1.165) is 43.2 Å². The number of pyridine rings is 1. The number of benzene rings is 1. The highest BCUT2D eigenvalue weighted by atomic mass is 32.1. The highest BCUT2D eigenvalue weighted by Crippen LogP contribution is 2.21. The molecule has 7 heteroatoms. The Morgan fingerprint density at radius 1 is 1.12 bits per heavy atom. The molecule has 3 aromatic rings. The van der Waals surface area contributed by atoms with E-state index < -0.39 is 0 Å². The molecule has 178 valence electrons. The van der Waals surface area contributed by atoms with Crippen molar-refractivity contribution in [2.75, 3.05) is 23.3 Å². The van der Waals surface area contributed by atoms with Gasteiger partial charge < -0.3 is 15.5 Å². The van der Waals surface area contributed by atoms with E-state index in [1.165, 1.54) is 17.7 Å². The Hall–Kier alpha value is -3.19. The number of hydrogen-bond donors (Lipinski definition) is 2. The van der Waals surface area contributed by atoms with E-state index in [4.69, 9.17) is 0 Å². The van der Waals surface area contributed by atoms with Gasteiger partial charge in [0.1, 0.15) is 5.82 Å². The molecule has 34 heavy (non-hydrogen) atoms. The average Bonchev–Trinajstić information content (AvgIpc) is 3.37. The van der Waals surface area contributed by atoms with Gasteiger partial charge in [0.2, 0.25) is 5.91 Å². The van der Waals surface area contributed by atoms with Crippen molar-refractivity contribution >= 4 is 34.7 Å². The van der Waals surface area contributed by atoms with E-state index in [0.29, 0.717) is 24.2 Å². The molecule has 0 aliphatic carbocycles. The summed E-state index contributed by atoms with van der Waals surface area (Å²) in [5, 5.41) is 7.90. The van der Waals surface area contributed by atoms with Crippen molar-refractivity contribution in [2.24, 2.45) is 5.92 Å². The zero-order valence-corrected chi connectivity index (χ0v) is 20.4. The fraction of sp³-hybridized carbons (Fsp3) is 0.370. The third kappa shape index (κ3) is 6.90. The van der Waals surface area contributed by atoms with E-state index in [1.54, 1.807) is 35.6 Å². The highest BCUT2D eigenvalue weighted by molar-refractivity contribution is 7.09. The SMILES string of the molecule is CC1CCN(c2ccc(CNC(=O)c3cccc(NC(=O)CCCc4cccs4)c3)cn2)CC1. The van der Waals surface area contributed by atoms with Crippen LogP contribution in [-0.2, 0) is 17.8 Å². The lowest BCUT2D eigenvalue weighted by Gasteiger charge is -2.31. The molecule has 2 aromatic heterocycles. The van der Waals surface area contributed by atoms with E-state index in [1.807, 2.05) is 29.8 Å². The van der Waals surface area contributed by atoms with Crippen LogP contribution < -0.4 is 15.5 Å². The summed E-state index contributed by atoms with van der Waals surface area (Å²) in [6.45, 7) is 4.80. The summed E-state index contributed by atoms with van der Waals surface area (Å²) in [6, 6.07) is 15.2. The molecular formula is C27H32N4O2S. The van der Waals surface area contributed by atoms with Crippen LogP contribution in [0.1, 0.15) is 53.4 Å². The Labute approximate surface area is 205 Å². The molecule has 0 bridgehead atoms. The van der Waals surface area contributed by atoms with Crippen molar-refractivity contribution in [3.8, 4) is 0 Å². The zero-order chi connectivity index (χ0) is 23.8. The minimum absolute atomic E-state index is 0.0385. The Morgan fingerprint density at radius 3 is 2.71 bits per heavy atom. The Morgan fingerprint density at radius 2 is 1.97 bits per heavy atom. The molecule has 1 aliphatic heterocycles. The first kappa shape index (κ1) is 24.0. The van der Waals surface area contributed by atoms with Gasteiger partial charge >= 0.3 is 0 Å². The van der Waals surface area contributed by atoms with Gasteiger partial charge in [-0.05, 0) is 72.9 Å². The number of rotatable bonds is 9. The molecule has 1 fully saturated rings. The molecule has 4 rings (SSSR count). The van der Waals surface area contributed by atoms with E-state index >= 15 is 0 Å². The molecule has 3 heterocycles. The maximum absolute atomic E-state index is 12.7. The second-order valence-electron chi connectivity index (χ2n) is 8.94. The Bertz CT molecular complexity index is 1070. The summed E-state index contributed by atoms with van der Waals surface area (Å²) in [4.78, 5) is 33.1. The van der Waals surface area contributed by atoms with Crippen LogP contribution in [0.15, 0.2) is 60.1 Å². The molecule has 2 amide bonds. The lowest BCUT2D eigenvalue weighted by Crippen LogP contribution is -2.33. The smallest absolute Gasteiger partial charge is 0.251 e. The fourth-order valence-corrected chi connectivity index (χ4v) is 4.82. The first-order chi connectivity index (χ1) is 16.6. The van der Waals surface area contributed by atoms with Gasteiger partial charge in [0.25, 0.3) is 5.91 Å². The Balaban J connectivity index is 1.24. The molecule has 1 aromatic carbocycles. The number of anilines is 2. The molecular weight excluding hydrogens is 444 g/mol. The van der Waals surface area contributed by atoms with Gasteiger partial charge in [-0.1, -0.05) is 25.1 Å². The molecule has 0 unspecified atom stereocenters. The number of amides is 2. The van der Waals surface area contributed by atoms with Gasteiger partial charge in [-0.3, -0.25) is 9.59 Å². The first-order valence-corrected chi connectivity index (χ1v) is 12.8. The molecule has 0 radical (unpaired) electrons. The largest absolute Gasteiger partial charge is 0.357 e. The van der Waals surface area contributed by atoms with E-state index in [2.05, 4.69) is 33.5 Å². The summed E-state index contributed by atoms with van der Waals surface area (Å²) in [5.74, 6) is 1.57. The molecule has 2 N–H and O–H groups in total. The van der Waals surface area contributed by atoms with Crippen molar-refractivity contribution in [3.05, 3.63) is 76.1 Å². The highest BCUT2D eigenvalue weighted by Gasteiger charge is 2.16. The summed E-state index contributed by atoms with van der Waals surface area (Å²) in [6.07, 6.45) is 6.40. The van der Waals surface area contributed by atoms with Gasteiger partial charge in [0.15, 0.2) is 0 Å². The maximum Gasteiger partial charge on any atom is 0.251 e. The van der Waals surface area contributed by atoms with Crippen molar-refractivity contribution < 1.29 is 9.59 Å². The van der Waals surface area contributed by atoms with Gasteiger partial charge in [-0.25, -0.2) is 4.98 Å². The monoisotopic (exact) mass is 476 g/mol. The van der Waals surface area contributed by atoms with Crippen molar-refractivity contribution in [3.63, 3.8) is 0 Å². The van der Waals surface area contributed by atoms with Gasteiger partial charge in [-0.2, -0.15) is 0 Å². The predicted molar refractivity (Wildman–Crippen MR) is 138 cm³/mol. The molecule has 0 spiro atoms. The predicted octanol–water partition coefficient (Wildman–Crippen LogP) is 5.27. The number of aromatic nitrogens is 1. The van der Waals surface area contributed by atoms with Gasteiger partial charge in [-0.15, -0.1) is 11.3 Å². The number of hydrogen-bond acceptors (Lipinski definition) is 5. The Kier molecular flexibility index (Phi) is 8.31. The second-order valence-corrected chi connectivity index (χ2v) is 9.97. The van der Waals surface area contributed by atoms with Crippen molar-refractivity contribution in [2.45, 2.75) is 45.6 Å². The summed E-state index contributed by atoms with van der Waals surface area (Å²) < 4.78 is 0. The summed E-state index contributed by atoms with van der Waals surface area (Å²) in [5.41, 5.74) is 2.11. The molecule has 6 nitrogen and oxygen atoms in total. The maximum atomic E-state index is 12.7. The van der Waals surface area contributed by atoms with E-state index in [-0.39, 0.29) is 11.8 Å². The standard InChI is InChI=1S/C27H32N4O2S/c1-20-12-14-31(15-13-20)25-11-10-21(18-28-25)19-29-27(33)22-5-2-6-23(17-22)30-26(32)9-3-7-24-8-4-16-34-24/h2,4-6,8,10-11,16-18,20H,3,7,9,12-15,19H2,1H3,(H,29,33)(H,30,32). The number of nitrogens with one attached hydrogen (secondary N) is 2. The second kappa shape index (κ2) is 11.8. The van der Waals surface area contributed by atoms with Crippen LogP contribution in [0.25, 0.3) is 0 Å². The van der Waals surface area contributed by atoms with Gasteiger partial charge in [0, 0.05) is 48.4 Å². The lowest BCUT2D eigenvalue weighted by atomic mass is 9.99. The van der Waals surface area contributed by atoms with Crippen LogP contribution in [0.5, 0.6) is 0 Å². The number of aryl methyl sites for hydroxylation is 1. The minimum atomic E-state index is -0.178. The number of piperidine rings is 1. The van der Waals surface area contributed by atoms with Crippen LogP contribution in [-0.4, -0.2) is 29.9 Å². The average molecular weight is 477 g/mol. The summed E-state index contributed by atoms with van der Waals surface area (Å²) >= 11 is 1.71. The third-order valence-electron chi connectivity index (χ3n) is 6.19. The number of carbonyl (C=O) groups is 2. The van der Waals surface area contributed by atoms with Crippen molar-refractivity contribution in [1.29, 1.82) is 0 Å². The van der Waals surface area contributed by atoms with Crippen LogP contribution >= 0.6 is 11.3 Å². The van der Waals surface area contributed by atoms with Crippen LogP contribution in [0.4, 0.5) is 11.5 Å². The number of nitrogens with zero attached hydrogens (tertiary/aromatic N) is 2. The number of thiophene rings is 1. The van der Waals surface area contributed by atoms with E-state index in [9.17, 15) is 9.59 Å². The fourth-order valence-electron chi connectivity index (χ4n) is 4.07. The lowest BCUT2D eigenvalue weighted by molar-refractivity contribution is -0.116.